The maximum atomic E-state index is 4.99. The molecular formula is C7H8O. The Morgan fingerprint density at radius 2 is 2.62 bits per heavy atom. The van der Waals surface area contributed by atoms with Gasteiger partial charge in [-0.05, 0) is 24.6 Å². The Bertz CT molecular complexity index is 142. The molecule has 0 radical (unpaired) electrons. The van der Waals surface area contributed by atoms with Crippen molar-refractivity contribution in [3.8, 4) is 0 Å². The SMILES string of the molecule is C=CC1=CCC=CO1. The van der Waals surface area contributed by atoms with E-state index in [4.69, 9.17) is 4.74 Å². The van der Waals surface area contributed by atoms with Crippen LogP contribution in [0.4, 0.5) is 0 Å². The molecule has 0 amide bonds. The van der Waals surface area contributed by atoms with E-state index in [0.717, 1.165) is 12.2 Å². The highest BCUT2D eigenvalue weighted by atomic mass is 16.5. The summed E-state index contributed by atoms with van der Waals surface area (Å²) >= 11 is 0. The van der Waals surface area contributed by atoms with Gasteiger partial charge in [0.25, 0.3) is 0 Å². The van der Waals surface area contributed by atoms with Crippen LogP contribution in [0, 0.1) is 0 Å². The highest BCUT2D eigenvalue weighted by Gasteiger charge is 1.90. The van der Waals surface area contributed by atoms with Gasteiger partial charge in [-0.15, -0.1) is 0 Å². The first-order valence-electron chi connectivity index (χ1n) is 2.58. The summed E-state index contributed by atoms with van der Waals surface area (Å²) in [6.45, 7) is 3.56. The first-order chi connectivity index (χ1) is 3.93. The van der Waals surface area contributed by atoms with E-state index in [0.29, 0.717) is 0 Å². The zero-order valence-electron chi connectivity index (χ0n) is 4.63. The minimum absolute atomic E-state index is 0.854. The monoisotopic (exact) mass is 108 g/mol. The molecule has 1 rings (SSSR count). The molecule has 0 aliphatic carbocycles. The van der Waals surface area contributed by atoms with Crippen molar-refractivity contribution in [1.82, 2.24) is 0 Å². The van der Waals surface area contributed by atoms with E-state index in [9.17, 15) is 0 Å². The van der Waals surface area contributed by atoms with Crippen LogP contribution in [-0.2, 0) is 4.74 Å². The minimum atomic E-state index is 0.854. The molecule has 1 nitrogen and oxygen atoms in total. The van der Waals surface area contributed by atoms with Gasteiger partial charge in [0, 0.05) is 0 Å². The molecule has 1 heteroatoms. The van der Waals surface area contributed by atoms with E-state index in [-0.39, 0.29) is 0 Å². The lowest BCUT2D eigenvalue weighted by Crippen LogP contribution is -1.83. The lowest BCUT2D eigenvalue weighted by atomic mass is 10.3. The van der Waals surface area contributed by atoms with Gasteiger partial charge in [-0.2, -0.15) is 0 Å². The third-order valence-electron chi connectivity index (χ3n) is 0.957. The van der Waals surface area contributed by atoms with Gasteiger partial charge < -0.3 is 4.74 Å². The van der Waals surface area contributed by atoms with Crippen molar-refractivity contribution in [3.63, 3.8) is 0 Å². The molecule has 0 aromatic carbocycles. The summed E-state index contributed by atoms with van der Waals surface area (Å²) in [6, 6.07) is 0. The number of allylic oxidation sites excluding steroid dienone is 3. The predicted molar refractivity (Wildman–Crippen MR) is 33.1 cm³/mol. The van der Waals surface area contributed by atoms with E-state index >= 15 is 0 Å². The molecule has 0 aromatic rings. The highest BCUT2D eigenvalue weighted by molar-refractivity contribution is 5.13. The largest absolute Gasteiger partial charge is 0.466 e. The summed E-state index contributed by atoms with van der Waals surface area (Å²) < 4.78 is 4.99. The van der Waals surface area contributed by atoms with Crippen molar-refractivity contribution < 1.29 is 4.74 Å². The second-order valence-corrected chi connectivity index (χ2v) is 1.54. The lowest BCUT2D eigenvalue weighted by Gasteiger charge is -2.02. The van der Waals surface area contributed by atoms with Crippen LogP contribution in [0.2, 0.25) is 0 Å². The molecule has 0 saturated carbocycles. The zero-order chi connectivity index (χ0) is 5.82. The van der Waals surface area contributed by atoms with E-state index in [1.54, 1.807) is 12.3 Å². The van der Waals surface area contributed by atoms with Crippen LogP contribution in [0.15, 0.2) is 36.8 Å². The van der Waals surface area contributed by atoms with E-state index in [1.165, 1.54) is 0 Å². The maximum absolute atomic E-state index is 4.99. The molecule has 1 heterocycles. The summed E-state index contributed by atoms with van der Waals surface area (Å²) in [5.41, 5.74) is 0. The van der Waals surface area contributed by atoms with Gasteiger partial charge in [0.15, 0.2) is 0 Å². The second kappa shape index (κ2) is 2.36. The summed E-state index contributed by atoms with van der Waals surface area (Å²) in [5.74, 6) is 0.854. The smallest absolute Gasteiger partial charge is 0.122 e. The fraction of sp³-hybridized carbons (Fsp3) is 0.143. The maximum Gasteiger partial charge on any atom is 0.122 e. The van der Waals surface area contributed by atoms with Crippen LogP contribution in [0.5, 0.6) is 0 Å². The van der Waals surface area contributed by atoms with Crippen LogP contribution >= 0.6 is 0 Å². The highest BCUT2D eigenvalue weighted by Crippen LogP contribution is 2.06. The summed E-state index contributed by atoms with van der Waals surface area (Å²) in [7, 11) is 0. The van der Waals surface area contributed by atoms with Crippen LogP contribution in [0.3, 0.4) is 0 Å². The molecule has 0 bridgehead atoms. The first kappa shape index (κ1) is 5.16. The molecule has 0 aromatic heterocycles. The zero-order valence-corrected chi connectivity index (χ0v) is 4.63. The Morgan fingerprint density at radius 1 is 1.75 bits per heavy atom. The minimum Gasteiger partial charge on any atom is -0.466 e. The first-order valence-corrected chi connectivity index (χ1v) is 2.58. The number of hydrogen-bond acceptors (Lipinski definition) is 1. The Kier molecular flexibility index (Phi) is 1.52. The molecule has 42 valence electrons. The van der Waals surface area contributed by atoms with Crippen molar-refractivity contribution >= 4 is 0 Å². The second-order valence-electron chi connectivity index (χ2n) is 1.54. The van der Waals surface area contributed by atoms with Gasteiger partial charge >= 0.3 is 0 Å². The van der Waals surface area contributed by atoms with Crippen molar-refractivity contribution in [2.45, 2.75) is 6.42 Å². The lowest BCUT2D eigenvalue weighted by molar-refractivity contribution is 0.359. The molecular weight excluding hydrogens is 100 g/mol. The van der Waals surface area contributed by atoms with Crippen molar-refractivity contribution in [3.05, 3.63) is 36.8 Å². The Hall–Kier alpha value is -0.980. The van der Waals surface area contributed by atoms with E-state index in [2.05, 4.69) is 6.58 Å². The average molecular weight is 108 g/mol. The topological polar surface area (TPSA) is 9.23 Å². The quantitative estimate of drug-likeness (QED) is 0.499. The molecule has 0 atom stereocenters. The predicted octanol–water partition coefficient (Wildman–Crippen LogP) is 1.99. The van der Waals surface area contributed by atoms with Gasteiger partial charge in [-0.25, -0.2) is 0 Å². The molecule has 8 heavy (non-hydrogen) atoms. The fourth-order valence-corrected chi connectivity index (χ4v) is 0.546. The Balaban J connectivity index is 2.55. The number of ether oxygens (including phenoxy) is 1. The van der Waals surface area contributed by atoms with E-state index < -0.39 is 0 Å². The summed E-state index contributed by atoms with van der Waals surface area (Å²) in [4.78, 5) is 0. The molecule has 0 N–H and O–H groups in total. The van der Waals surface area contributed by atoms with Crippen LogP contribution in [0.25, 0.3) is 0 Å². The average Bonchev–Trinajstić information content (AvgIpc) is 1.90. The van der Waals surface area contributed by atoms with Crippen molar-refractivity contribution in [2.75, 3.05) is 0 Å². The van der Waals surface area contributed by atoms with Crippen LogP contribution in [0.1, 0.15) is 6.42 Å². The fourth-order valence-electron chi connectivity index (χ4n) is 0.546. The molecule has 1 aliphatic rings. The van der Waals surface area contributed by atoms with Crippen LogP contribution in [-0.4, -0.2) is 0 Å². The molecule has 1 aliphatic heterocycles. The summed E-state index contributed by atoms with van der Waals surface area (Å²) in [5, 5.41) is 0. The van der Waals surface area contributed by atoms with Crippen molar-refractivity contribution in [2.24, 2.45) is 0 Å². The van der Waals surface area contributed by atoms with Gasteiger partial charge in [0.1, 0.15) is 5.76 Å². The van der Waals surface area contributed by atoms with Gasteiger partial charge in [0.2, 0.25) is 0 Å². The van der Waals surface area contributed by atoms with Gasteiger partial charge in [-0.3, -0.25) is 0 Å². The molecule has 0 unspecified atom stereocenters. The molecule has 0 spiro atoms. The third kappa shape index (κ3) is 0.997. The van der Waals surface area contributed by atoms with E-state index in [1.807, 2.05) is 12.2 Å². The van der Waals surface area contributed by atoms with Crippen LogP contribution < -0.4 is 0 Å². The third-order valence-corrected chi connectivity index (χ3v) is 0.957. The number of hydrogen-bond donors (Lipinski definition) is 0. The standard InChI is InChI=1S/C7H8O/c1-2-7-5-3-4-6-8-7/h2,4-6H,1,3H2. The normalized spacial score (nSPS) is 16.8. The number of rotatable bonds is 1. The van der Waals surface area contributed by atoms with Crippen molar-refractivity contribution in [1.29, 1.82) is 0 Å². The molecule has 0 fully saturated rings. The summed E-state index contributed by atoms with van der Waals surface area (Å²) in [6.07, 6.45) is 8.27. The van der Waals surface area contributed by atoms with Gasteiger partial charge in [-0.1, -0.05) is 6.58 Å². The van der Waals surface area contributed by atoms with Gasteiger partial charge in [0.05, 0.1) is 6.26 Å². The molecule has 0 saturated heterocycles. The Morgan fingerprint density at radius 3 is 3.00 bits per heavy atom. The Labute approximate surface area is 49.0 Å².